The van der Waals surface area contributed by atoms with E-state index in [0.29, 0.717) is 5.75 Å². The van der Waals surface area contributed by atoms with Gasteiger partial charge in [0.25, 0.3) is 0 Å². The average Bonchev–Trinajstić information content (AvgIpc) is 2.34. The van der Waals surface area contributed by atoms with E-state index in [4.69, 9.17) is 14.3 Å². The maximum atomic E-state index is 11.0. The predicted octanol–water partition coefficient (Wildman–Crippen LogP) is 3.84. The van der Waals surface area contributed by atoms with Crippen LogP contribution in [0.2, 0.25) is 0 Å². The zero-order valence-corrected chi connectivity index (χ0v) is 12.5. The van der Waals surface area contributed by atoms with Gasteiger partial charge >= 0.3 is 7.82 Å². The molecule has 0 saturated carbocycles. The monoisotopic (exact) mass is 286 g/mol. The van der Waals surface area contributed by atoms with Gasteiger partial charge in [0.15, 0.2) is 0 Å². The molecule has 108 valence electrons. The topological polar surface area (TPSA) is 66.8 Å². The van der Waals surface area contributed by atoms with E-state index in [0.717, 1.165) is 44.1 Å². The lowest BCUT2D eigenvalue weighted by molar-refractivity contribution is 0.282. The van der Waals surface area contributed by atoms with Crippen molar-refractivity contribution < 1.29 is 18.9 Å². The molecule has 1 aromatic rings. The Morgan fingerprint density at radius 2 is 1.74 bits per heavy atom. The van der Waals surface area contributed by atoms with E-state index in [1.54, 1.807) is 6.07 Å². The molecular formula is C14H23O4P. The van der Waals surface area contributed by atoms with Crippen molar-refractivity contribution in [3.63, 3.8) is 0 Å². The van der Waals surface area contributed by atoms with E-state index in [9.17, 15) is 4.57 Å². The van der Waals surface area contributed by atoms with Crippen LogP contribution >= 0.6 is 7.82 Å². The van der Waals surface area contributed by atoms with E-state index in [1.165, 1.54) is 5.56 Å². The molecule has 1 rings (SSSR count). The molecule has 0 aliphatic carbocycles. The Bertz CT molecular complexity index is 439. The molecule has 0 radical (unpaired) electrons. The zero-order valence-electron chi connectivity index (χ0n) is 11.6. The van der Waals surface area contributed by atoms with Crippen molar-refractivity contribution in [2.45, 2.75) is 52.4 Å². The largest absolute Gasteiger partial charge is 0.524 e. The Morgan fingerprint density at radius 3 is 2.32 bits per heavy atom. The number of phosphoric acid groups is 1. The van der Waals surface area contributed by atoms with Crippen LogP contribution in [0, 0.1) is 0 Å². The maximum absolute atomic E-state index is 11.0. The highest BCUT2D eigenvalue weighted by molar-refractivity contribution is 7.46. The van der Waals surface area contributed by atoms with Crippen LogP contribution in [-0.4, -0.2) is 9.79 Å². The van der Waals surface area contributed by atoms with E-state index in [2.05, 4.69) is 13.8 Å². The number of hydrogen-bond donors (Lipinski definition) is 2. The Hall–Kier alpha value is -0.830. The maximum Gasteiger partial charge on any atom is 0.524 e. The van der Waals surface area contributed by atoms with Gasteiger partial charge in [-0.15, -0.1) is 0 Å². The fourth-order valence-electron chi connectivity index (χ4n) is 1.95. The molecule has 0 amide bonds. The van der Waals surface area contributed by atoms with E-state index in [-0.39, 0.29) is 0 Å². The van der Waals surface area contributed by atoms with Crippen LogP contribution < -0.4 is 4.52 Å². The summed E-state index contributed by atoms with van der Waals surface area (Å²) in [6, 6.07) is 5.57. The molecule has 0 atom stereocenters. The van der Waals surface area contributed by atoms with Crippen molar-refractivity contribution in [1.29, 1.82) is 0 Å². The summed E-state index contributed by atoms with van der Waals surface area (Å²) in [6.45, 7) is 4.23. The van der Waals surface area contributed by atoms with Crippen molar-refractivity contribution in [3.8, 4) is 5.75 Å². The van der Waals surface area contributed by atoms with Gasteiger partial charge in [0.05, 0.1) is 0 Å². The number of unbranched alkanes of at least 4 members (excludes halogenated alkanes) is 2. The summed E-state index contributed by atoms with van der Waals surface area (Å²) in [6.07, 6.45) is 6.04. The first kappa shape index (κ1) is 16.2. The molecule has 0 aromatic heterocycles. The fourth-order valence-corrected chi connectivity index (χ4v) is 2.38. The van der Waals surface area contributed by atoms with E-state index < -0.39 is 7.82 Å². The third-order valence-corrected chi connectivity index (χ3v) is 3.40. The van der Waals surface area contributed by atoms with Crippen LogP contribution in [0.3, 0.4) is 0 Å². The molecule has 0 aliphatic heterocycles. The lowest BCUT2D eigenvalue weighted by atomic mass is 10.0. The third-order valence-electron chi connectivity index (χ3n) is 2.96. The standard InChI is InChI=1S/C14H23O4P/c1-3-5-7-12-9-10-14(18-19(15,16)17)13(11-12)8-6-4-2/h9-11H,3-8H2,1-2H3,(H2,15,16,17). The molecule has 1 aromatic carbocycles. The molecule has 0 fully saturated rings. The second-order valence-corrected chi connectivity index (χ2v) is 5.89. The summed E-state index contributed by atoms with van der Waals surface area (Å²) in [7, 11) is -4.48. The second kappa shape index (κ2) is 7.68. The number of rotatable bonds is 8. The van der Waals surface area contributed by atoms with Crippen LogP contribution in [0.25, 0.3) is 0 Å². The van der Waals surface area contributed by atoms with Crippen LogP contribution in [0.4, 0.5) is 0 Å². The zero-order chi connectivity index (χ0) is 14.3. The van der Waals surface area contributed by atoms with Crippen LogP contribution in [0.1, 0.15) is 50.7 Å². The molecule has 4 nitrogen and oxygen atoms in total. The van der Waals surface area contributed by atoms with Gasteiger partial charge in [-0.2, -0.15) is 0 Å². The summed E-state index contributed by atoms with van der Waals surface area (Å²) < 4.78 is 15.7. The first-order chi connectivity index (χ1) is 8.96. The lowest BCUT2D eigenvalue weighted by Gasteiger charge is -2.13. The smallest absolute Gasteiger partial charge is 0.404 e. The lowest BCUT2D eigenvalue weighted by Crippen LogP contribution is -1.97. The summed E-state index contributed by atoms with van der Waals surface area (Å²) in [4.78, 5) is 17.8. The van der Waals surface area contributed by atoms with Gasteiger partial charge in [0.2, 0.25) is 0 Å². The number of hydrogen-bond acceptors (Lipinski definition) is 2. The van der Waals surface area contributed by atoms with E-state index >= 15 is 0 Å². The van der Waals surface area contributed by atoms with Gasteiger partial charge in [-0.05, 0) is 42.9 Å². The summed E-state index contributed by atoms with van der Waals surface area (Å²) in [5, 5.41) is 0. The number of phosphoric ester groups is 1. The Labute approximate surface area is 115 Å². The minimum absolute atomic E-state index is 0.307. The predicted molar refractivity (Wildman–Crippen MR) is 76.3 cm³/mol. The minimum atomic E-state index is -4.48. The molecule has 0 spiro atoms. The average molecular weight is 286 g/mol. The molecule has 0 heterocycles. The van der Waals surface area contributed by atoms with Crippen molar-refractivity contribution in [3.05, 3.63) is 29.3 Å². The van der Waals surface area contributed by atoms with Crippen LogP contribution in [-0.2, 0) is 17.4 Å². The highest BCUT2D eigenvalue weighted by Gasteiger charge is 2.18. The van der Waals surface area contributed by atoms with Gasteiger partial charge in [-0.3, -0.25) is 9.79 Å². The van der Waals surface area contributed by atoms with Crippen LogP contribution in [0.5, 0.6) is 5.75 Å². The Morgan fingerprint density at radius 1 is 1.11 bits per heavy atom. The van der Waals surface area contributed by atoms with Gasteiger partial charge in [0, 0.05) is 0 Å². The highest BCUT2D eigenvalue weighted by atomic mass is 31.2. The van der Waals surface area contributed by atoms with Gasteiger partial charge in [-0.1, -0.05) is 38.8 Å². The Balaban J connectivity index is 2.91. The molecule has 19 heavy (non-hydrogen) atoms. The quantitative estimate of drug-likeness (QED) is 0.712. The Kier molecular flexibility index (Phi) is 6.56. The van der Waals surface area contributed by atoms with Gasteiger partial charge in [-0.25, -0.2) is 4.57 Å². The van der Waals surface area contributed by atoms with Crippen molar-refractivity contribution >= 4 is 7.82 Å². The molecule has 0 bridgehead atoms. The van der Waals surface area contributed by atoms with Crippen LogP contribution in [0.15, 0.2) is 18.2 Å². The van der Waals surface area contributed by atoms with Gasteiger partial charge < -0.3 is 4.52 Å². The molecule has 0 unspecified atom stereocenters. The molecule has 0 saturated heterocycles. The molecule has 2 N–H and O–H groups in total. The molecule has 5 heteroatoms. The SMILES string of the molecule is CCCCc1ccc(OP(=O)(O)O)c(CCCC)c1. The molecule has 0 aliphatic rings. The summed E-state index contributed by atoms with van der Waals surface area (Å²) in [5.41, 5.74) is 2.09. The van der Waals surface area contributed by atoms with Crippen molar-refractivity contribution in [1.82, 2.24) is 0 Å². The van der Waals surface area contributed by atoms with E-state index in [1.807, 2.05) is 12.1 Å². The first-order valence-electron chi connectivity index (χ1n) is 6.83. The summed E-state index contributed by atoms with van der Waals surface area (Å²) in [5.74, 6) is 0.307. The highest BCUT2D eigenvalue weighted by Crippen LogP contribution is 2.39. The summed E-state index contributed by atoms with van der Waals surface area (Å²) >= 11 is 0. The second-order valence-electron chi connectivity index (χ2n) is 4.73. The minimum Gasteiger partial charge on any atom is -0.404 e. The third kappa shape index (κ3) is 6.24. The number of aryl methyl sites for hydroxylation is 2. The van der Waals surface area contributed by atoms with Gasteiger partial charge in [0.1, 0.15) is 5.75 Å². The fraction of sp³-hybridized carbons (Fsp3) is 0.571. The normalized spacial score (nSPS) is 11.6. The van der Waals surface area contributed by atoms with Crippen molar-refractivity contribution in [2.24, 2.45) is 0 Å². The first-order valence-corrected chi connectivity index (χ1v) is 8.36. The van der Waals surface area contributed by atoms with Crippen molar-refractivity contribution in [2.75, 3.05) is 0 Å². The molecular weight excluding hydrogens is 263 g/mol. The number of benzene rings is 1.